The molecule has 1 saturated heterocycles. The van der Waals surface area contributed by atoms with Crippen molar-refractivity contribution in [3.8, 4) is 0 Å². The van der Waals surface area contributed by atoms with Crippen LogP contribution in [0.1, 0.15) is 18.4 Å². The first-order valence-corrected chi connectivity index (χ1v) is 6.63. The summed E-state index contributed by atoms with van der Waals surface area (Å²) in [6, 6.07) is 5.11. The lowest BCUT2D eigenvalue weighted by Crippen LogP contribution is -2.32. The minimum Gasteiger partial charge on any atom is -0.371 e. The summed E-state index contributed by atoms with van der Waals surface area (Å²) in [5.41, 5.74) is 7.20. The second-order valence-corrected chi connectivity index (χ2v) is 4.92. The molecule has 1 aliphatic heterocycles. The number of likely N-dealkylation sites (N-methyl/N-ethyl adjacent to an activating group) is 1. The minimum atomic E-state index is -0.179. The summed E-state index contributed by atoms with van der Waals surface area (Å²) < 4.78 is 13.9. The normalized spacial score (nSPS) is 16.2. The van der Waals surface area contributed by atoms with Crippen LogP contribution in [-0.2, 0) is 6.54 Å². The lowest BCUT2D eigenvalue weighted by Gasteiger charge is -2.25. The van der Waals surface area contributed by atoms with Gasteiger partial charge in [-0.15, -0.1) is 0 Å². The number of anilines is 1. The molecule has 4 heteroatoms. The van der Waals surface area contributed by atoms with Crippen molar-refractivity contribution in [3.63, 3.8) is 0 Å². The minimum absolute atomic E-state index is 0.179. The van der Waals surface area contributed by atoms with Crippen LogP contribution >= 0.6 is 0 Å². The number of hydrogen-bond donors (Lipinski definition) is 1. The molecule has 1 heterocycles. The largest absolute Gasteiger partial charge is 0.371 e. The van der Waals surface area contributed by atoms with E-state index in [9.17, 15) is 4.39 Å². The summed E-state index contributed by atoms with van der Waals surface area (Å²) in [6.45, 7) is 4.56. The lowest BCUT2D eigenvalue weighted by atomic mass is 10.1. The second kappa shape index (κ2) is 6.16. The van der Waals surface area contributed by atoms with E-state index in [0.717, 1.165) is 18.7 Å². The van der Waals surface area contributed by atoms with Gasteiger partial charge in [0.2, 0.25) is 0 Å². The van der Waals surface area contributed by atoms with E-state index in [0.29, 0.717) is 12.2 Å². The average molecular weight is 251 g/mol. The van der Waals surface area contributed by atoms with Gasteiger partial charge in [0.05, 0.1) is 5.69 Å². The molecular weight excluding hydrogens is 229 g/mol. The van der Waals surface area contributed by atoms with Crippen molar-refractivity contribution in [2.24, 2.45) is 5.73 Å². The molecule has 2 rings (SSSR count). The Bertz CT molecular complexity index is 389. The van der Waals surface area contributed by atoms with Crippen LogP contribution in [-0.4, -0.2) is 38.1 Å². The molecule has 100 valence electrons. The Kier molecular flexibility index (Phi) is 4.55. The van der Waals surface area contributed by atoms with Crippen molar-refractivity contribution in [1.29, 1.82) is 0 Å². The monoisotopic (exact) mass is 251 g/mol. The fourth-order valence-electron chi connectivity index (χ4n) is 2.56. The molecule has 0 unspecified atom stereocenters. The van der Waals surface area contributed by atoms with Gasteiger partial charge in [0, 0.05) is 26.7 Å². The molecule has 0 saturated carbocycles. The van der Waals surface area contributed by atoms with E-state index in [1.165, 1.54) is 32.0 Å². The van der Waals surface area contributed by atoms with Gasteiger partial charge in [-0.05, 0) is 37.6 Å². The van der Waals surface area contributed by atoms with Crippen LogP contribution in [0.5, 0.6) is 0 Å². The lowest BCUT2D eigenvalue weighted by molar-refractivity contribution is 0.346. The number of nitrogens with zero attached hydrogens (tertiary/aromatic N) is 2. The zero-order valence-corrected chi connectivity index (χ0v) is 11.0. The maximum Gasteiger partial charge on any atom is 0.146 e. The molecule has 0 atom stereocenters. The summed E-state index contributed by atoms with van der Waals surface area (Å²) in [7, 11) is 1.94. The number of hydrogen-bond acceptors (Lipinski definition) is 3. The van der Waals surface area contributed by atoms with Crippen molar-refractivity contribution in [1.82, 2.24) is 4.90 Å². The highest BCUT2D eigenvalue weighted by Gasteiger charge is 2.15. The Morgan fingerprint density at radius 2 is 2.06 bits per heavy atom. The van der Waals surface area contributed by atoms with Crippen LogP contribution in [0.2, 0.25) is 0 Å². The van der Waals surface area contributed by atoms with Crippen LogP contribution in [0.4, 0.5) is 10.1 Å². The van der Waals surface area contributed by atoms with Gasteiger partial charge in [0.25, 0.3) is 0 Å². The fourth-order valence-corrected chi connectivity index (χ4v) is 2.56. The Morgan fingerprint density at radius 3 is 2.72 bits per heavy atom. The van der Waals surface area contributed by atoms with Gasteiger partial charge in [0.15, 0.2) is 0 Å². The van der Waals surface area contributed by atoms with E-state index in [2.05, 4.69) is 4.90 Å². The average Bonchev–Trinajstić information content (AvgIpc) is 2.88. The molecule has 0 bridgehead atoms. The number of benzene rings is 1. The number of nitrogens with two attached hydrogens (primary N) is 1. The topological polar surface area (TPSA) is 32.5 Å². The molecule has 1 aliphatic rings. The van der Waals surface area contributed by atoms with Crippen molar-refractivity contribution < 1.29 is 4.39 Å². The Hall–Kier alpha value is -1.13. The molecular formula is C14H22FN3. The Morgan fingerprint density at radius 1 is 1.33 bits per heavy atom. The highest BCUT2D eigenvalue weighted by molar-refractivity contribution is 5.54. The van der Waals surface area contributed by atoms with Crippen molar-refractivity contribution in [2.45, 2.75) is 19.4 Å². The third-order valence-electron chi connectivity index (χ3n) is 3.62. The molecule has 1 aromatic rings. The van der Waals surface area contributed by atoms with Crippen LogP contribution in [0.3, 0.4) is 0 Å². The van der Waals surface area contributed by atoms with E-state index in [1.54, 1.807) is 6.07 Å². The Labute approximate surface area is 108 Å². The molecule has 2 N–H and O–H groups in total. The standard InChI is InChI=1S/C14H22FN3/c1-17(9-10-18-7-2-3-8-18)14-12(11-16)5-4-6-13(14)15/h4-6H,2-3,7-11,16H2,1H3. The van der Waals surface area contributed by atoms with Gasteiger partial charge in [-0.2, -0.15) is 0 Å². The van der Waals surface area contributed by atoms with E-state index in [1.807, 2.05) is 18.0 Å². The summed E-state index contributed by atoms with van der Waals surface area (Å²) in [4.78, 5) is 4.41. The fraction of sp³-hybridized carbons (Fsp3) is 0.571. The molecule has 0 amide bonds. The molecule has 3 nitrogen and oxygen atoms in total. The quantitative estimate of drug-likeness (QED) is 0.866. The second-order valence-electron chi connectivity index (χ2n) is 4.92. The van der Waals surface area contributed by atoms with Crippen molar-refractivity contribution in [2.75, 3.05) is 38.1 Å². The van der Waals surface area contributed by atoms with Gasteiger partial charge >= 0.3 is 0 Å². The zero-order chi connectivity index (χ0) is 13.0. The SMILES string of the molecule is CN(CCN1CCCC1)c1c(F)cccc1CN. The van der Waals surface area contributed by atoms with E-state index in [4.69, 9.17) is 5.73 Å². The highest BCUT2D eigenvalue weighted by Crippen LogP contribution is 2.23. The maximum absolute atomic E-state index is 13.9. The first-order valence-electron chi connectivity index (χ1n) is 6.63. The molecule has 0 aliphatic carbocycles. The summed E-state index contributed by atoms with van der Waals surface area (Å²) in [5.74, 6) is -0.179. The van der Waals surface area contributed by atoms with Gasteiger partial charge in [-0.25, -0.2) is 4.39 Å². The maximum atomic E-state index is 13.9. The smallest absolute Gasteiger partial charge is 0.146 e. The van der Waals surface area contributed by atoms with Crippen molar-refractivity contribution in [3.05, 3.63) is 29.6 Å². The first kappa shape index (κ1) is 13.3. The van der Waals surface area contributed by atoms with Gasteiger partial charge < -0.3 is 15.5 Å². The van der Waals surface area contributed by atoms with Crippen LogP contribution in [0, 0.1) is 5.82 Å². The predicted molar refractivity (Wildman–Crippen MR) is 73.2 cm³/mol. The highest BCUT2D eigenvalue weighted by atomic mass is 19.1. The predicted octanol–water partition coefficient (Wildman–Crippen LogP) is 1.82. The number of halogens is 1. The zero-order valence-electron chi connectivity index (χ0n) is 11.0. The van der Waals surface area contributed by atoms with E-state index < -0.39 is 0 Å². The molecule has 1 fully saturated rings. The molecule has 0 spiro atoms. The third-order valence-corrected chi connectivity index (χ3v) is 3.62. The van der Waals surface area contributed by atoms with Crippen molar-refractivity contribution >= 4 is 5.69 Å². The van der Waals surface area contributed by atoms with Crippen LogP contribution in [0.15, 0.2) is 18.2 Å². The van der Waals surface area contributed by atoms with Gasteiger partial charge in [0.1, 0.15) is 5.82 Å². The number of para-hydroxylation sites is 1. The molecule has 1 aromatic carbocycles. The Balaban J connectivity index is 2.01. The summed E-state index contributed by atoms with van der Waals surface area (Å²) >= 11 is 0. The van der Waals surface area contributed by atoms with Crippen LogP contribution in [0.25, 0.3) is 0 Å². The first-order chi connectivity index (χ1) is 8.72. The number of likely N-dealkylation sites (tertiary alicyclic amines) is 1. The van der Waals surface area contributed by atoms with E-state index in [-0.39, 0.29) is 5.82 Å². The summed E-state index contributed by atoms with van der Waals surface area (Å²) in [6.07, 6.45) is 2.58. The third kappa shape index (κ3) is 3.00. The molecule has 0 radical (unpaired) electrons. The van der Waals surface area contributed by atoms with E-state index >= 15 is 0 Å². The molecule has 18 heavy (non-hydrogen) atoms. The van der Waals surface area contributed by atoms with Gasteiger partial charge in [-0.1, -0.05) is 12.1 Å². The number of rotatable bonds is 5. The van der Waals surface area contributed by atoms with Gasteiger partial charge in [-0.3, -0.25) is 0 Å². The summed E-state index contributed by atoms with van der Waals surface area (Å²) in [5, 5.41) is 0. The molecule has 0 aromatic heterocycles. The van der Waals surface area contributed by atoms with Crippen LogP contribution < -0.4 is 10.6 Å².